The van der Waals surface area contributed by atoms with E-state index >= 15 is 0 Å². The Morgan fingerprint density at radius 3 is 2.60 bits per heavy atom. The molecule has 0 bridgehead atoms. The van der Waals surface area contributed by atoms with E-state index in [1.54, 1.807) is 0 Å². The van der Waals surface area contributed by atoms with Gasteiger partial charge in [0.2, 0.25) is 0 Å². The summed E-state index contributed by atoms with van der Waals surface area (Å²) in [6.45, 7) is 2.68. The molecule has 0 unspecified atom stereocenters. The van der Waals surface area contributed by atoms with E-state index in [1.165, 1.54) is 6.92 Å². The number of nitrogens with two attached hydrogens (primary N) is 1. The second-order valence-corrected chi connectivity index (χ2v) is 2.19. The van der Waals surface area contributed by atoms with Crippen molar-refractivity contribution in [3.8, 4) is 0 Å². The van der Waals surface area contributed by atoms with Crippen LogP contribution in [0.5, 0.6) is 0 Å². The van der Waals surface area contributed by atoms with Crippen molar-refractivity contribution < 1.29 is 9.53 Å². The molecular weight excluding hydrogens is 130 g/mol. The molecule has 0 rings (SSSR count). The van der Waals surface area contributed by atoms with Crippen LogP contribution in [0.15, 0.2) is 0 Å². The summed E-state index contributed by atoms with van der Waals surface area (Å²) in [4.78, 5) is 10.2. The van der Waals surface area contributed by atoms with Gasteiger partial charge in [0.05, 0.1) is 6.61 Å². The maximum Gasteiger partial charge on any atom is 0.302 e. The minimum absolute atomic E-state index is 0.201. The van der Waals surface area contributed by atoms with Crippen LogP contribution in [-0.2, 0) is 9.53 Å². The molecular formula is C7H15NO2. The summed E-state index contributed by atoms with van der Waals surface area (Å²) in [5, 5.41) is 0. The third-order valence-electron chi connectivity index (χ3n) is 1.15. The molecule has 0 spiro atoms. The van der Waals surface area contributed by atoms with Crippen molar-refractivity contribution in [2.75, 3.05) is 13.2 Å². The summed E-state index contributed by atoms with van der Waals surface area (Å²) in [6.07, 6.45) is 2.99. The average Bonchev–Trinajstić information content (AvgIpc) is 1.87. The first-order chi connectivity index (χ1) is 4.77. The third kappa shape index (κ3) is 7.43. The van der Waals surface area contributed by atoms with E-state index < -0.39 is 0 Å². The highest BCUT2D eigenvalue weighted by Gasteiger charge is 1.91. The lowest BCUT2D eigenvalue weighted by molar-refractivity contribution is -0.141. The number of ether oxygens (including phenoxy) is 1. The highest BCUT2D eigenvalue weighted by atomic mass is 16.5. The van der Waals surface area contributed by atoms with Gasteiger partial charge in [0.25, 0.3) is 0 Å². The van der Waals surface area contributed by atoms with Gasteiger partial charge in [0, 0.05) is 6.92 Å². The molecule has 0 atom stereocenters. The number of carbonyl (C=O) groups is 1. The van der Waals surface area contributed by atoms with Crippen molar-refractivity contribution in [1.29, 1.82) is 0 Å². The molecule has 0 aliphatic rings. The Morgan fingerprint density at radius 1 is 1.40 bits per heavy atom. The smallest absolute Gasteiger partial charge is 0.302 e. The van der Waals surface area contributed by atoms with E-state index in [-0.39, 0.29) is 5.97 Å². The Labute approximate surface area is 61.5 Å². The van der Waals surface area contributed by atoms with Gasteiger partial charge in [-0.25, -0.2) is 0 Å². The molecule has 0 aromatic rings. The van der Waals surface area contributed by atoms with Gasteiger partial charge in [-0.2, -0.15) is 0 Å². The molecule has 10 heavy (non-hydrogen) atoms. The summed E-state index contributed by atoms with van der Waals surface area (Å²) in [5.74, 6) is -0.201. The van der Waals surface area contributed by atoms with Crippen LogP contribution in [-0.4, -0.2) is 19.1 Å². The molecule has 3 heteroatoms. The van der Waals surface area contributed by atoms with Crippen molar-refractivity contribution in [2.45, 2.75) is 26.2 Å². The Bertz CT molecular complexity index is 93.6. The molecule has 0 amide bonds. The molecule has 0 aliphatic carbocycles. The quantitative estimate of drug-likeness (QED) is 0.457. The van der Waals surface area contributed by atoms with E-state index in [0.717, 1.165) is 25.8 Å². The average molecular weight is 145 g/mol. The molecule has 0 heterocycles. The Kier molecular flexibility index (Phi) is 6.18. The van der Waals surface area contributed by atoms with E-state index in [4.69, 9.17) is 10.5 Å². The van der Waals surface area contributed by atoms with Crippen molar-refractivity contribution in [3.05, 3.63) is 0 Å². The molecule has 0 aromatic heterocycles. The molecule has 3 nitrogen and oxygen atoms in total. The zero-order chi connectivity index (χ0) is 7.82. The monoisotopic (exact) mass is 145 g/mol. The molecule has 0 saturated carbocycles. The van der Waals surface area contributed by atoms with Crippen molar-refractivity contribution in [1.82, 2.24) is 0 Å². The van der Waals surface area contributed by atoms with Crippen LogP contribution in [0, 0.1) is 0 Å². The van der Waals surface area contributed by atoms with Gasteiger partial charge in [-0.05, 0) is 25.8 Å². The van der Waals surface area contributed by atoms with Crippen LogP contribution in [0.4, 0.5) is 0 Å². The largest absolute Gasteiger partial charge is 0.466 e. The number of hydrogen-bond acceptors (Lipinski definition) is 3. The lowest BCUT2D eigenvalue weighted by Crippen LogP contribution is -2.02. The first-order valence-corrected chi connectivity index (χ1v) is 3.61. The molecule has 0 fully saturated rings. The molecule has 2 N–H and O–H groups in total. The number of rotatable bonds is 5. The number of hydrogen-bond donors (Lipinski definition) is 1. The predicted molar refractivity (Wildman–Crippen MR) is 39.5 cm³/mol. The Hall–Kier alpha value is -0.570. The normalized spacial score (nSPS) is 9.40. The van der Waals surface area contributed by atoms with E-state index in [1.807, 2.05) is 0 Å². The van der Waals surface area contributed by atoms with E-state index in [9.17, 15) is 4.79 Å². The molecule has 0 radical (unpaired) electrons. The van der Waals surface area contributed by atoms with Crippen LogP contribution in [0.2, 0.25) is 0 Å². The van der Waals surface area contributed by atoms with E-state index in [2.05, 4.69) is 0 Å². The second-order valence-electron chi connectivity index (χ2n) is 2.19. The molecule has 0 aliphatic heterocycles. The van der Waals surface area contributed by atoms with Gasteiger partial charge in [0.15, 0.2) is 0 Å². The Morgan fingerprint density at radius 2 is 2.10 bits per heavy atom. The summed E-state index contributed by atoms with van der Waals surface area (Å²) in [6, 6.07) is 0. The van der Waals surface area contributed by atoms with Crippen LogP contribution in [0.3, 0.4) is 0 Å². The van der Waals surface area contributed by atoms with Crippen molar-refractivity contribution in [3.63, 3.8) is 0 Å². The van der Waals surface area contributed by atoms with Gasteiger partial charge < -0.3 is 10.5 Å². The van der Waals surface area contributed by atoms with Gasteiger partial charge in [-0.3, -0.25) is 4.79 Å². The minimum atomic E-state index is -0.201. The molecule has 0 aromatic carbocycles. The maximum atomic E-state index is 10.2. The summed E-state index contributed by atoms with van der Waals surface area (Å²) < 4.78 is 4.71. The van der Waals surface area contributed by atoms with Crippen LogP contribution in [0.25, 0.3) is 0 Å². The van der Waals surface area contributed by atoms with Crippen LogP contribution < -0.4 is 5.73 Å². The zero-order valence-electron chi connectivity index (χ0n) is 6.43. The maximum absolute atomic E-state index is 10.2. The second kappa shape index (κ2) is 6.55. The third-order valence-corrected chi connectivity index (χ3v) is 1.15. The van der Waals surface area contributed by atoms with Crippen molar-refractivity contribution in [2.24, 2.45) is 5.73 Å². The topological polar surface area (TPSA) is 52.3 Å². The summed E-state index contributed by atoms with van der Waals surface area (Å²) in [7, 11) is 0. The van der Waals surface area contributed by atoms with Gasteiger partial charge in [-0.15, -0.1) is 0 Å². The van der Waals surface area contributed by atoms with E-state index in [0.29, 0.717) is 6.61 Å². The lowest BCUT2D eigenvalue weighted by atomic mass is 10.2. The van der Waals surface area contributed by atoms with Gasteiger partial charge >= 0.3 is 5.97 Å². The van der Waals surface area contributed by atoms with Gasteiger partial charge in [0.1, 0.15) is 0 Å². The van der Waals surface area contributed by atoms with Gasteiger partial charge in [-0.1, -0.05) is 0 Å². The fourth-order valence-corrected chi connectivity index (χ4v) is 0.639. The highest BCUT2D eigenvalue weighted by molar-refractivity contribution is 5.65. The Balaban J connectivity index is 2.84. The lowest BCUT2D eigenvalue weighted by Gasteiger charge is -1.99. The minimum Gasteiger partial charge on any atom is -0.466 e. The standard InChI is InChI=1S/C7H15NO2/c1-7(9)10-6-4-2-3-5-8/h2-6,8H2,1H3. The van der Waals surface area contributed by atoms with Crippen LogP contribution in [0.1, 0.15) is 26.2 Å². The van der Waals surface area contributed by atoms with Crippen LogP contribution >= 0.6 is 0 Å². The number of unbranched alkanes of at least 4 members (excludes halogenated alkanes) is 2. The van der Waals surface area contributed by atoms with Crippen molar-refractivity contribution >= 4 is 5.97 Å². The molecule has 0 saturated heterocycles. The fraction of sp³-hybridized carbons (Fsp3) is 0.857. The summed E-state index contributed by atoms with van der Waals surface area (Å²) >= 11 is 0. The first-order valence-electron chi connectivity index (χ1n) is 3.61. The molecule has 60 valence electrons. The zero-order valence-corrected chi connectivity index (χ0v) is 6.43. The fourth-order valence-electron chi connectivity index (χ4n) is 0.639. The summed E-state index contributed by atoms with van der Waals surface area (Å²) in [5.41, 5.74) is 5.26. The predicted octanol–water partition coefficient (Wildman–Crippen LogP) is 0.678. The number of carbonyl (C=O) groups excluding carboxylic acids is 1. The highest BCUT2D eigenvalue weighted by Crippen LogP contribution is 1.93. The SMILES string of the molecule is CC(=O)OCCCCCN. The first kappa shape index (κ1) is 9.43. The number of esters is 1.